The maximum Gasteiger partial charge on any atom is 0.337 e. The van der Waals surface area contributed by atoms with Gasteiger partial charge < -0.3 is 14.7 Å². The molecule has 0 saturated carbocycles. The zero-order valence-corrected chi connectivity index (χ0v) is 11.4. The number of hydrogen-bond donors (Lipinski definition) is 1. The number of likely N-dealkylation sites (N-methyl/N-ethyl adjacent to an activating group) is 1. The highest BCUT2D eigenvalue weighted by molar-refractivity contribution is 6.33. The molecule has 0 atom stereocenters. The van der Waals surface area contributed by atoms with Crippen LogP contribution in [0.4, 0.5) is 5.82 Å². The molecule has 0 radical (unpaired) electrons. The van der Waals surface area contributed by atoms with E-state index in [1.807, 2.05) is 25.8 Å². The summed E-state index contributed by atoms with van der Waals surface area (Å²) in [5.74, 6) is -0.500. The standard InChI is InChI=1S/C12H17ClN2O3/c1-8(2)18-5-4-15(3)11-6-9(12(16)17)10(13)7-14-11/h6-8H,4-5H2,1-3H3,(H,16,17). The Kier molecular flexibility index (Phi) is 5.37. The van der Waals surface area contributed by atoms with Gasteiger partial charge in [0.15, 0.2) is 0 Å². The number of rotatable bonds is 6. The Morgan fingerprint density at radius 1 is 1.61 bits per heavy atom. The molecule has 1 aromatic rings. The smallest absolute Gasteiger partial charge is 0.337 e. The number of hydrogen-bond acceptors (Lipinski definition) is 4. The Morgan fingerprint density at radius 3 is 2.83 bits per heavy atom. The molecule has 1 heterocycles. The van der Waals surface area contributed by atoms with Crippen molar-refractivity contribution in [3.63, 3.8) is 0 Å². The first-order valence-corrected chi connectivity index (χ1v) is 6.01. The fourth-order valence-corrected chi connectivity index (χ4v) is 1.52. The van der Waals surface area contributed by atoms with Gasteiger partial charge in [-0.3, -0.25) is 0 Å². The number of nitrogens with zero attached hydrogens (tertiary/aromatic N) is 2. The predicted octanol–water partition coefficient (Wildman–Crippen LogP) is 2.29. The molecule has 0 amide bonds. The van der Waals surface area contributed by atoms with E-state index >= 15 is 0 Å². The number of ether oxygens (including phenoxy) is 1. The van der Waals surface area contributed by atoms with E-state index in [9.17, 15) is 4.79 Å². The molecule has 0 aromatic carbocycles. The molecule has 0 unspecified atom stereocenters. The van der Waals surface area contributed by atoms with Crippen LogP contribution >= 0.6 is 11.6 Å². The number of aromatic nitrogens is 1. The van der Waals surface area contributed by atoms with Crippen molar-refractivity contribution in [2.45, 2.75) is 20.0 Å². The molecule has 0 fully saturated rings. The van der Waals surface area contributed by atoms with Gasteiger partial charge in [0.25, 0.3) is 0 Å². The molecule has 0 spiro atoms. The van der Waals surface area contributed by atoms with E-state index in [-0.39, 0.29) is 16.7 Å². The second kappa shape index (κ2) is 6.56. The third-order valence-corrected chi connectivity index (χ3v) is 2.64. The molecule has 0 aliphatic carbocycles. The summed E-state index contributed by atoms with van der Waals surface area (Å²) in [6.07, 6.45) is 1.52. The molecule has 1 aromatic heterocycles. The van der Waals surface area contributed by atoms with Crippen LogP contribution in [-0.2, 0) is 4.74 Å². The van der Waals surface area contributed by atoms with Crippen molar-refractivity contribution in [1.29, 1.82) is 0 Å². The number of pyridine rings is 1. The van der Waals surface area contributed by atoms with E-state index < -0.39 is 5.97 Å². The van der Waals surface area contributed by atoms with E-state index in [0.717, 1.165) is 0 Å². The summed E-state index contributed by atoms with van der Waals surface area (Å²) >= 11 is 5.76. The van der Waals surface area contributed by atoms with Crippen LogP contribution in [0.25, 0.3) is 0 Å². The maximum atomic E-state index is 10.9. The Labute approximate surface area is 111 Å². The first-order valence-electron chi connectivity index (χ1n) is 5.63. The lowest BCUT2D eigenvalue weighted by atomic mass is 10.2. The Morgan fingerprint density at radius 2 is 2.28 bits per heavy atom. The molecule has 5 nitrogen and oxygen atoms in total. The van der Waals surface area contributed by atoms with Gasteiger partial charge in [0, 0.05) is 19.8 Å². The zero-order valence-electron chi connectivity index (χ0n) is 10.7. The van der Waals surface area contributed by atoms with Crippen molar-refractivity contribution in [2.75, 3.05) is 25.1 Å². The highest BCUT2D eigenvalue weighted by Gasteiger charge is 2.12. The van der Waals surface area contributed by atoms with Crippen molar-refractivity contribution in [3.05, 3.63) is 22.8 Å². The second-order valence-corrected chi connectivity index (χ2v) is 4.58. The molecule has 1 rings (SSSR count). The Balaban J connectivity index is 2.71. The minimum absolute atomic E-state index is 0.0540. The van der Waals surface area contributed by atoms with E-state index in [4.69, 9.17) is 21.4 Å². The van der Waals surface area contributed by atoms with Crippen molar-refractivity contribution >= 4 is 23.4 Å². The summed E-state index contributed by atoms with van der Waals surface area (Å²) in [5, 5.41) is 9.10. The quantitative estimate of drug-likeness (QED) is 0.861. The molecular weight excluding hydrogens is 256 g/mol. The molecule has 0 aliphatic heterocycles. The number of carboxylic acid groups (broad SMARTS) is 1. The topological polar surface area (TPSA) is 62.7 Å². The van der Waals surface area contributed by atoms with Crippen LogP contribution in [0.5, 0.6) is 0 Å². The average molecular weight is 273 g/mol. The van der Waals surface area contributed by atoms with Gasteiger partial charge in [-0.1, -0.05) is 11.6 Å². The van der Waals surface area contributed by atoms with Crippen LogP contribution in [0.2, 0.25) is 5.02 Å². The first-order chi connectivity index (χ1) is 8.41. The van der Waals surface area contributed by atoms with Gasteiger partial charge in [0.05, 0.1) is 23.3 Å². The van der Waals surface area contributed by atoms with Crippen LogP contribution in [-0.4, -0.2) is 42.4 Å². The van der Waals surface area contributed by atoms with E-state index in [1.54, 1.807) is 0 Å². The van der Waals surface area contributed by atoms with Gasteiger partial charge in [-0.15, -0.1) is 0 Å². The number of halogens is 1. The third kappa shape index (κ3) is 4.16. The Bertz CT molecular complexity index is 424. The van der Waals surface area contributed by atoms with Gasteiger partial charge in [-0.05, 0) is 19.9 Å². The minimum Gasteiger partial charge on any atom is -0.478 e. The third-order valence-electron chi connectivity index (χ3n) is 2.34. The summed E-state index contributed by atoms with van der Waals surface area (Å²) in [5.41, 5.74) is 0.0540. The highest BCUT2D eigenvalue weighted by Crippen LogP contribution is 2.19. The maximum absolute atomic E-state index is 10.9. The van der Waals surface area contributed by atoms with Gasteiger partial charge in [0.1, 0.15) is 5.82 Å². The normalized spacial score (nSPS) is 10.7. The average Bonchev–Trinajstić information content (AvgIpc) is 2.28. The summed E-state index contributed by atoms with van der Waals surface area (Å²) < 4.78 is 5.42. The summed E-state index contributed by atoms with van der Waals surface area (Å²) in [4.78, 5) is 16.9. The van der Waals surface area contributed by atoms with Crippen LogP contribution in [0.1, 0.15) is 24.2 Å². The van der Waals surface area contributed by atoms with Crippen LogP contribution in [0.3, 0.4) is 0 Å². The molecule has 18 heavy (non-hydrogen) atoms. The highest BCUT2D eigenvalue weighted by atomic mass is 35.5. The Hall–Kier alpha value is -1.33. The number of anilines is 1. The van der Waals surface area contributed by atoms with E-state index in [1.165, 1.54) is 12.3 Å². The minimum atomic E-state index is -1.06. The molecule has 6 heteroatoms. The summed E-state index contributed by atoms with van der Waals surface area (Å²) in [6.45, 7) is 5.11. The number of carboxylic acids is 1. The van der Waals surface area contributed by atoms with E-state index in [0.29, 0.717) is 19.0 Å². The SMILES string of the molecule is CC(C)OCCN(C)c1cc(C(=O)O)c(Cl)cn1. The molecule has 0 aliphatic rings. The first kappa shape index (κ1) is 14.7. The van der Waals surface area contributed by atoms with E-state index in [2.05, 4.69) is 4.98 Å². The van der Waals surface area contributed by atoms with Crippen molar-refractivity contribution in [3.8, 4) is 0 Å². The van der Waals surface area contributed by atoms with Gasteiger partial charge in [-0.2, -0.15) is 0 Å². The molecule has 0 saturated heterocycles. The fourth-order valence-electron chi connectivity index (χ4n) is 1.34. The van der Waals surface area contributed by atoms with Crippen molar-refractivity contribution < 1.29 is 14.6 Å². The van der Waals surface area contributed by atoms with Crippen molar-refractivity contribution in [1.82, 2.24) is 4.98 Å². The van der Waals surface area contributed by atoms with Gasteiger partial charge >= 0.3 is 5.97 Å². The largest absolute Gasteiger partial charge is 0.478 e. The lowest BCUT2D eigenvalue weighted by molar-refractivity contribution is 0.0697. The molecule has 1 N–H and O–H groups in total. The van der Waals surface area contributed by atoms with Gasteiger partial charge in [0.2, 0.25) is 0 Å². The lowest BCUT2D eigenvalue weighted by Gasteiger charge is -2.19. The predicted molar refractivity (Wildman–Crippen MR) is 70.6 cm³/mol. The zero-order chi connectivity index (χ0) is 13.7. The lowest BCUT2D eigenvalue weighted by Crippen LogP contribution is -2.25. The van der Waals surface area contributed by atoms with Gasteiger partial charge in [-0.25, -0.2) is 9.78 Å². The van der Waals surface area contributed by atoms with Crippen LogP contribution in [0, 0.1) is 0 Å². The monoisotopic (exact) mass is 272 g/mol. The van der Waals surface area contributed by atoms with Crippen molar-refractivity contribution in [2.24, 2.45) is 0 Å². The summed E-state index contributed by atoms with van der Waals surface area (Å²) in [6, 6.07) is 1.46. The number of carbonyl (C=O) groups is 1. The summed E-state index contributed by atoms with van der Waals surface area (Å²) in [7, 11) is 1.82. The molecular formula is C12H17ClN2O3. The van der Waals surface area contributed by atoms with Crippen LogP contribution < -0.4 is 4.90 Å². The second-order valence-electron chi connectivity index (χ2n) is 4.17. The molecule has 0 bridgehead atoms. The molecule has 100 valence electrons. The number of aromatic carboxylic acids is 1. The van der Waals surface area contributed by atoms with Crippen LogP contribution in [0.15, 0.2) is 12.3 Å². The fraction of sp³-hybridized carbons (Fsp3) is 0.500.